The second kappa shape index (κ2) is 5.33. The predicted molar refractivity (Wildman–Crippen MR) is 77.4 cm³/mol. The molecule has 1 atom stereocenters. The third kappa shape index (κ3) is 2.56. The normalized spacial score (nSPS) is 12.2. The Morgan fingerprint density at radius 3 is 2.53 bits per heavy atom. The zero-order valence-corrected chi connectivity index (χ0v) is 11.5. The number of aryl methyl sites for hydroxylation is 1. The fraction of sp³-hybridized carbons (Fsp3) is 0.250. The summed E-state index contributed by atoms with van der Waals surface area (Å²) in [6.45, 7) is 3.91. The first kappa shape index (κ1) is 13.4. The molecule has 0 radical (unpaired) electrons. The van der Waals surface area contributed by atoms with Crippen molar-refractivity contribution in [3.05, 3.63) is 58.7 Å². The van der Waals surface area contributed by atoms with Crippen LogP contribution in [-0.4, -0.2) is 12.2 Å². The van der Waals surface area contributed by atoms with Crippen LogP contribution in [0, 0.1) is 13.8 Å². The number of rotatable bonds is 3. The number of anilines is 1. The minimum absolute atomic E-state index is 0.598. The molecule has 0 aliphatic carbocycles. The van der Waals surface area contributed by atoms with E-state index in [9.17, 15) is 5.11 Å². The highest BCUT2D eigenvalue weighted by Gasteiger charge is 2.17. The van der Waals surface area contributed by atoms with Crippen molar-refractivity contribution in [2.75, 3.05) is 12.8 Å². The number of nitrogen functional groups attached to an aromatic ring is 1. The van der Waals surface area contributed by atoms with Gasteiger partial charge in [-0.3, -0.25) is 0 Å². The van der Waals surface area contributed by atoms with Gasteiger partial charge in [-0.05, 0) is 37.1 Å². The van der Waals surface area contributed by atoms with Crippen LogP contribution in [0.5, 0.6) is 5.75 Å². The minimum Gasteiger partial charge on any atom is -0.496 e. The van der Waals surface area contributed by atoms with Crippen LogP contribution in [0.2, 0.25) is 0 Å². The molecule has 2 aromatic rings. The number of hydrogen-bond acceptors (Lipinski definition) is 3. The third-order valence-corrected chi connectivity index (χ3v) is 3.38. The molecule has 0 spiro atoms. The summed E-state index contributed by atoms with van der Waals surface area (Å²) < 4.78 is 5.28. The highest BCUT2D eigenvalue weighted by molar-refractivity contribution is 5.54. The summed E-state index contributed by atoms with van der Waals surface area (Å²) in [5.41, 5.74) is 10.1. The fourth-order valence-electron chi connectivity index (χ4n) is 2.25. The molecule has 0 aromatic heterocycles. The lowest BCUT2D eigenvalue weighted by atomic mass is 9.95. The second-order valence-electron chi connectivity index (χ2n) is 4.71. The summed E-state index contributed by atoms with van der Waals surface area (Å²) in [4.78, 5) is 0. The average Bonchev–Trinajstić information content (AvgIpc) is 2.41. The van der Waals surface area contributed by atoms with Gasteiger partial charge in [-0.1, -0.05) is 29.8 Å². The van der Waals surface area contributed by atoms with Crippen LogP contribution in [0.15, 0.2) is 36.4 Å². The lowest BCUT2D eigenvalue weighted by Crippen LogP contribution is -2.06. The molecular weight excluding hydrogens is 238 g/mol. The summed E-state index contributed by atoms with van der Waals surface area (Å²) >= 11 is 0. The van der Waals surface area contributed by atoms with Gasteiger partial charge in [0.2, 0.25) is 0 Å². The number of ether oxygens (including phenoxy) is 1. The third-order valence-electron chi connectivity index (χ3n) is 3.38. The predicted octanol–water partition coefficient (Wildman–Crippen LogP) is 2.98. The number of aliphatic hydroxyl groups excluding tert-OH is 1. The first-order valence-corrected chi connectivity index (χ1v) is 6.22. The second-order valence-corrected chi connectivity index (χ2v) is 4.71. The first-order chi connectivity index (χ1) is 9.04. The molecule has 0 unspecified atom stereocenters. The van der Waals surface area contributed by atoms with Gasteiger partial charge in [-0.25, -0.2) is 0 Å². The van der Waals surface area contributed by atoms with E-state index in [1.54, 1.807) is 7.11 Å². The van der Waals surface area contributed by atoms with E-state index < -0.39 is 6.10 Å². The number of methoxy groups -OCH3 is 1. The smallest absolute Gasteiger partial charge is 0.122 e. The highest BCUT2D eigenvalue weighted by atomic mass is 16.5. The van der Waals surface area contributed by atoms with Gasteiger partial charge in [0.05, 0.1) is 7.11 Å². The van der Waals surface area contributed by atoms with E-state index in [1.165, 1.54) is 0 Å². The topological polar surface area (TPSA) is 55.5 Å². The molecule has 0 heterocycles. The van der Waals surface area contributed by atoms with E-state index in [0.29, 0.717) is 5.69 Å². The summed E-state index contributed by atoms with van der Waals surface area (Å²) in [6.07, 6.45) is -0.741. The van der Waals surface area contributed by atoms with Crippen molar-refractivity contribution in [1.29, 1.82) is 0 Å². The van der Waals surface area contributed by atoms with Gasteiger partial charge in [0.15, 0.2) is 0 Å². The Balaban J connectivity index is 2.50. The van der Waals surface area contributed by atoms with E-state index in [-0.39, 0.29) is 0 Å². The van der Waals surface area contributed by atoms with E-state index in [2.05, 4.69) is 0 Å². The Hall–Kier alpha value is -2.00. The monoisotopic (exact) mass is 257 g/mol. The maximum atomic E-state index is 10.6. The van der Waals surface area contributed by atoms with Crippen LogP contribution in [0.1, 0.15) is 28.4 Å². The molecule has 100 valence electrons. The van der Waals surface area contributed by atoms with Crippen molar-refractivity contribution in [3.63, 3.8) is 0 Å². The Labute approximate surface area is 113 Å². The first-order valence-electron chi connectivity index (χ1n) is 6.22. The number of nitrogens with two attached hydrogens (primary N) is 1. The van der Waals surface area contributed by atoms with Crippen molar-refractivity contribution in [2.24, 2.45) is 0 Å². The van der Waals surface area contributed by atoms with Crippen LogP contribution in [0.3, 0.4) is 0 Å². The van der Waals surface area contributed by atoms with Crippen molar-refractivity contribution in [1.82, 2.24) is 0 Å². The lowest BCUT2D eigenvalue weighted by Gasteiger charge is -2.18. The summed E-state index contributed by atoms with van der Waals surface area (Å²) in [5, 5.41) is 10.6. The van der Waals surface area contributed by atoms with Crippen molar-refractivity contribution >= 4 is 5.69 Å². The van der Waals surface area contributed by atoms with E-state index in [4.69, 9.17) is 10.5 Å². The van der Waals surface area contributed by atoms with Gasteiger partial charge < -0.3 is 15.6 Å². The van der Waals surface area contributed by atoms with Gasteiger partial charge in [0.1, 0.15) is 11.9 Å². The van der Waals surface area contributed by atoms with Crippen LogP contribution < -0.4 is 10.5 Å². The molecule has 0 aliphatic heterocycles. The number of benzene rings is 2. The molecule has 0 bridgehead atoms. The Bertz CT molecular complexity index is 593. The van der Waals surface area contributed by atoms with E-state index in [1.807, 2.05) is 50.2 Å². The van der Waals surface area contributed by atoms with Crippen molar-refractivity contribution in [3.8, 4) is 5.75 Å². The quantitative estimate of drug-likeness (QED) is 0.831. The fourth-order valence-corrected chi connectivity index (χ4v) is 2.25. The molecule has 3 N–H and O–H groups in total. The Morgan fingerprint density at radius 2 is 1.84 bits per heavy atom. The minimum atomic E-state index is -0.741. The standard InChI is InChI=1S/C16H19NO2/c1-10-7-8-14(17)13(9-10)16(18)12-5-4-6-15(19-3)11(12)2/h4-9,16,18H,17H2,1-3H3/t16-/m0/s1. The van der Waals surface area contributed by atoms with Crippen LogP contribution >= 0.6 is 0 Å². The molecule has 0 aliphatic rings. The molecule has 0 saturated heterocycles. The Morgan fingerprint density at radius 1 is 1.11 bits per heavy atom. The van der Waals surface area contributed by atoms with Gasteiger partial charge in [0.25, 0.3) is 0 Å². The number of aliphatic hydroxyl groups is 1. The highest BCUT2D eigenvalue weighted by Crippen LogP contribution is 2.32. The molecule has 2 rings (SSSR count). The molecule has 0 fully saturated rings. The summed E-state index contributed by atoms with van der Waals surface area (Å²) in [6, 6.07) is 11.3. The van der Waals surface area contributed by atoms with Gasteiger partial charge in [-0.15, -0.1) is 0 Å². The molecule has 0 amide bonds. The largest absolute Gasteiger partial charge is 0.496 e. The Kier molecular flexibility index (Phi) is 3.76. The van der Waals surface area contributed by atoms with Crippen LogP contribution in [0.4, 0.5) is 5.69 Å². The van der Waals surface area contributed by atoms with E-state index in [0.717, 1.165) is 28.0 Å². The van der Waals surface area contributed by atoms with Gasteiger partial charge >= 0.3 is 0 Å². The average molecular weight is 257 g/mol. The summed E-state index contributed by atoms with van der Waals surface area (Å²) in [5.74, 6) is 0.766. The number of hydrogen-bond donors (Lipinski definition) is 2. The molecule has 3 heteroatoms. The zero-order chi connectivity index (χ0) is 14.0. The molecule has 2 aromatic carbocycles. The molecular formula is C16H19NO2. The molecule has 19 heavy (non-hydrogen) atoms. The van der Waals surface area contributed by atoms with Crippen molar-refractivity contribution < 1.29 is 9.84 Å². The SMILES string of the molecule is COc1cccc([C@H](O)c2cc(C)ccc2N)c1C. The van der Waals surface area contributed by atoms with Gasteiger partial charge in [-0.2, -0.15) is 0 Å². The van der Waals surface area contributed by atoms with Crippen LogP contribution in [0.25, 0.3) is 0 Å². The maximum Gasteiger partial charge on any atom is 0.122 e. The van der Waals surface area contributed by atoms with Crippen molar-refractivity contribution in [2.45, 2.75) is 20.0 Å². The molecule has 0 saturated carbocycles. The van der Waals surface area contributed by atoms with Crippen LogP contribution in [-0.2, 0) is 0 Å². The summed E-state index contributed by atoms with van der Waals surface area (Å²) in [7, 11) is 1.62. The van der Waals surface area contributed by atoms with E-state index >= 15 is 0 Å². The lowest BCUT2D eigenvalue weighted by molar-refractivity contribution is 0.219. The maximum absolute atomic E-state index is 10.6. The zero-order valence-electron chi connectivity index (χ0n) is 11.5. The van der Waals surface area contributed by atoms with Gasteiger partial charge in [0, 0.05) is 11.3 Å². The molecule has 3 nitrogen and oxygen atoms in total.